The topological polar surface area (TPSA) is 85.0 Å². The van der Waals surface area contributed by atoms with Crippen LogP contribution in [0.5, 0.6) is 5.75 Å². The lowest BCUT2D eigenvalue weighted by atomic mass is 10.2. The molecular formula is C11H16FNO4. The van der Waals surface area contributed by atoms with E-state index in [2.05, 4.69) is 0 Å². The molecule has 0 heterocycles. The van der Waals surface area contributed by atoms with E-state index in [1.54, 1.807) is 0 Å². The van der Waals surface area contributed by atoms with E-state index in [9.17, 15) is 14.3 Å². The molecule has 3 N–H and O–H groups in total. The fourth-order valence-electron chi connectivity index (χ4n) is 0.893. The fourth-order valence-corrected chi connectivity index (χ4v) is 0.893. The lowest BCUT2D eigenvalue weighted by molar-refractivity contribution is -0.858. The summed E-state index contributed by atoms with van der Waals surface area (Å²) in [7, 11) is 4.02. The molecule has 6 heteroatoms. The molecule has 0 aliphatic heterocycles. The van der Waals surface area contributed by atoms with Crippen LogP contribution in [0.1, 0.15) is 10.4 Å². The van der Waals surface area contributed by atoms with Crippen molar-refractivity contribution < 1.29 is 29.4 Å². The second-order valence-electron chi connectivity index (χ2n) is 3.63. The zero-order chi connectivity index (χ0) is 13.4. The van der Waals surface area contributed by atoms with Crippen LogP contribution in [0.4, 0.5) is 4.39 Å². The summed E-state index contributed by atoms with van der Waals surface area (Å²) >= 11 is 0. The van der Waals surface area contributed by atoms with Crippen molar-refractivity contribution in [3.05, 3.63) is 29.6 Å². The van der Waals surface area contributed by atoms with Gasteiger partial charge in [-0.1, -0.05) is 11.8 Å². The highest BCUT2D eigenvalue weighted by atomic mass is 19.1. The molecule has 1 rings (SSSR count). The number of carbonyl (C=O) groups is 1. The summed E-state index contributed by atoms with van der Waals surface area (Å²) in [5, 5.41) is 27.2. The van der Waals surface area contributed by atoms with Crippen LogP contribution >= 0.6 is 0 Å². The van der Waals surface area contributed by atoms with E-state index in [-0.39, 0.29) is 0 Å². The number of rotatable bonds is 3. The number of benzene rings is 1. The molecule has 0 aliphatic carbocycles. The summed E-state index contributed by atoms with van der Waals surface area (Å²) in [6, 6.07) is 2.51. The van der Waals surface area contributed by atoms with Crippen molar-refractivity contribution in [2.45, 2.75) is 0 Å². The van der Waals surface area contributed by atoms with Crippen molar-refractivity contribution in [2.75, 3.05) is 27.2 Å². The van der Waals surface area contributed by atoms with Crippen molar-refractivity contribution in [3.63, 3.8) is 0 Å². The van der Waals surface area contributed by atoms with Gasteiger partial charge in [0, 0.05) is 0 Å². The van der Waals surface area contributed by atoms with Gasteiger partial charge in [-0.15, -0.1) is 0 Å². The molecule has 0 saturated carbocycles. The van der Waals surface area contributed by atoms with Crippen molar-refractivity contribution in [1.82, 2.24) is 0 Å². The van der Waals surface area contributed by atoms with Crippen LogP contribution in [0.3, 0.4) is 0 Å². The summed E-state index contributed by atoms with van der Waals surface area (Å²) < 4.78 is 12.3. The smallest absolute Gasteiger partial charge is 0.335 e. The molecule has 96 valence electrons. The molecule has 0 aromatic heterocycles. The molecule has 0 unspecified atom stereocenters. The van der Waals surface area contributed by atoms with E-state index in [4.69, 9.17) is 10.2 Å². The van der Waals surface area contributed by atoms with E-state index in [0.29, 0.717) is 12.7 Å². The van der Waals surface area contributed by atoms with Crippen LogP contribution in [0.15, 0.2) is 18.2 Å². The Morgan fingerprint density at radius 1 is 1.47 bits per heavy atom. The Bertz CT molecular complexity index is 368. The monoisotopic (exact) mass is 245 g/mol. The Morgan fingerprint density at radius 2 is 2.06 bits per heavy atom. The van der Waals surface area contributed by atoms with Crippen LogP contribution in [0.2, 0.25) is 0 Å². The minimum Gasteiger partial charge on any atom is -0.872 e. The van der Waals surface area contributed by atoms with E-state index >= 15 is 0 Å². The first kappa shape index (κ1) is 15.3. The maximum absolute atomic E-state index is 12.3. The molecule has 5 nitrogen and oxygen atoms in total. The van der Waals surface area contributed by atoms with E-state index < -0.39 is 23.1 Å². The van der Waals surface area contributed by atoms with Crippen LogP contribution in [0, 0.1) is 5.82 Å². The normalized spacial score (nSPS) is 9.71. The van der Waals surface area contributed by atoms with Gasteiger partial charge in [0.2, 0.25) is 0 Å². The van der Waals surface area contributed by atoms with E-state index in [1.807, 2.05) is 14.1 Å². The number of nitrogens with one attached hydrogen (secondary N) is 1. The molecule has 0 atom stereocenters. The third-order valence-electron chi connectivity index (χ3n) is 1.78. The minimum absolute atomic E-state index is 0.294. The molecule has 17 heavy (non-hydrogen) atoms. The number of aromatic carboxylic acids is 1. The highest BCUT2D eigenvalue weighted by molar-refractivity contribution is 5.90. The zero-order valence-corrected chi connectivity index (χ0v) is 9.74. The third-order valence-corrected chi connectivity index (χ3v) is 1.78. The van der Waals surface area contributed by atoms with Crippen molar-refractivity contribution in [2.24, 2.45) is 0 Å². The van der Waals surface area contributed by atoms with Gasteiger partial charge >= 0.3 is 5.97 Å². The summed E-state index contributed by atoms with van der Waals surface area (Å²) in [6.45, 7) is 1.14. The molecule has 0 amide bonds. The summed E-state index contributed by atoms with van der Waals surface area (Å²) in [4.78, 5) is 11.5. The molecule has 0 saturated heterocycles. The van der Waals surface area contributed by atoms with Crippen molar-refractivity contribution in [1.29, 1.82) is 0 Å². The quantitative estimate of drug-likeness (QED) is 0.619. The van der Waals surface area contributed by atoms with Gasteiger partial charge in [-0.05, 0) is 12.1 Å². The van der Waals surface area contributed by atoms with E-state index in [0.717, 1.165) is 18.7 Å². The summed E-state index contributed by atoms with van der Waals surface area (Å²) in [6.07, 6.45) is 0. The van der Waals surface area contributed by atoms with Gasteiger partial charge in [-0.3, -0.25) is 0 Å². The second-order valence-corrected chi connectivity index (χ2v) is 3.63. The third kappa shape index (κ3) is 6.49. The van der Waals surface area contributed by atoms with Gasteiger partial charge in [0.25, 0.3) is 0 Å². The van der Waals surface area contributed by atoms with Gasteiger partial charge in [0.15, 0.2) is 0 Å². The predicted molar refractivity (Wildman–Crippen MR) is 57.6 cm³/mol. The Morgan fingerprint density at radius 3 is 2.35 bits per heavy atom. The molecule has 0 spiro atoms. The number of quaternary nitrogens is 1. The summed E-state index contributed by atoms with van der Waals surface area (Å²) in [5.74, 6) is -2.81. The maximum Gasteiger partial charge on any atom is 0.335 e. The number of halogens is 1. The van der Waals surface area contributed by atoms with Crippen LogP contribution in [0.25, 0.3) is 0 Å². The van der Waals surface area contributed by atoms with Crippen molar-refractivity contribution in [3.8, 4) is 5.75 Å². The van der Waals surface area contributed by atoms with Gasteiger partial charge < -0.3 is 20.2 Å². The Balaban J connectivity index is 0.000000366. The van der Waals surface area contributed by atoms with Gasteiger partial charge in [0.1, 0.15) is 12.4 Å². The number of carboxylic acids is 1. The maximum atomic E-state index is 12.3. The first-order valence-corrected chi connectivity index (χ1v) is 4.98. The van der Waals surface area contributed by atoms with Crippen LogP contribution in [-0.2, 0) is 0 Å². The lowest BCUT2D eigenvalue weighted by Gasteiger charge is -2.07. The predicted octanol–water partition coefficient (Wildman–Crippen LogP) is -1.28. The average Bonchev–Trinajstić information content (AvgIpc) is 2.22. The zero-order valence-electron chi connectivity index (χ0n) is 9.74. The average molecular weight is 245 g/mol. The number of likely N-dealkylation sites (N-methyl/N-ethyl adjacent to an activating group) is 1. The lowest BCUT2D eigenvalue weighted by Crippen LogP contribution is -3.06. The first-order valence-electron chi connectivity index (χ1n) is 4.98. The molecule has 0 bridgehead atoms. The molecule has 0 aliphatic rings. The first-order chi connectivity index (χ1) is 7.88. The van der Waals surface area contributed by atoms with Crippen LogP contribution < -0.4 is 10.0 Å². The number of aliphatic hydroxyl groups is 1. The highest BCUT2D eigenvalue weighted by Crippen LogP contribution is 2.14. The van der Waals surface area contributed by atoms with Crippen molar-refractivity contribution >= 4 is 5.97 Å². The molecular weight excluding hydrogens is 229 g/mol. The Hall–Kier alpha value is -1.66. The standard InChI is InChI=1S/C7H5FO3.C4H11NO/c8-4-1-2-6(9)5(3-4)7(10)11;1-5(2)3-4-6/h1-3,9H,(H,10,11);6H,3-4H2,1-2H3. The molecule has 0 fully saturated rings. The van der Waals surface area contributed by atoms with Gasteiger partial charge in [-0.2, -0.15) is 0 Å². The van der Waals surface area contributed by atoms with Gasteiger partial charge in [-0.25, -0.2) is 9.18 Å². The SMILES string of the molecule is C[NH+](C)CCO.O=C(O)c1cc(F)ccc1[O-]. The molecule has 1 aromatic carbocycles. The fraction of sp³-hybridized carbons (Fsp3) is 0.364. The highest BCUT2D eigenvalue weighted by Gasteiger charge is 2.03. The number of aliphatic hydroxyl groups excluding tert-OH is 1. The number of hydrogen-bond donors (Lipinski definition) is 3. The minimum atomic E-state index is -1.41. The van der Waals surface area contributed by atoms with Crippen LogP contribution in [-0.4, -0.2) is 43.4 Å². The Kier molecular flexibility index (Phi) is 6.85. The summed E-state index contributed by atoms with van der Waals surface area (Å²) in [5.41, 5.74) is -0.537. The molecule has 0 radical (unpaired) electrons. The molecule has 1 aromatic rings. The largest absolute Gasteiger partial charge is 0.872 e. The number of carboxylic acid groups (broad SMARTS) is 1. The second kappa shape index (κ2) is 7.59. The Labute approximate surface area is 98.7 Å². The van der Waals surface area contributed by atoms with E-state index in [1.165, 1.54) is 4.90 Å². The van der Waals surface area contributed by atoms with Gasteiger partial charge in [0.05, 0.1) is 26.3 Å². The number of hydrogen-bond acceptors (Lipinski definition) is 3.